The van der Waals surface area contributed by atoms with E-state index in [1.165, 1.54) is 4.31 Å². The molecule has 0 spiro atoms. The number of hydrogen-bond acceptors (Lipinski definition) is 5. The first-order chi connectivity index (χ1) is 14.1. The molecule has 1 heterocycles. The number of rotatable bonds is 6. The lowest BCUT2D eigenvalue weighted by Gasteiger charge is -2.34. The van der Waals surface area contributed by atoms with E-state index in [0.29, 0.717) is 17.9 Å². The second-order valence-corrected chi connectivity index (χ2v) is 9.48. The number of benzene rings is 2. The van der Waals surface area contributed by atoms with Gasteiger partial charge in [-0.2, -0.15) is 0 Å². The van der Waals surface area contributed by atoms with Crippen molar-refractivity contribution in [2.24, 2.45) is 0 Å². The minimum Gasteiger partial charge on any atom is -0.496 e. The van der Waals surface area contributed by atoms with E-state index >= 15 is 0 Å². The average Bonchev–Trinajstić information content (AvgIpc) is 2.69. The third-order valence-corrected chi connectivity index (χ3v) is 6.37. The van der Waals surface area contributed by atoms with Crippen LogP contribution >= 0.6 is 0 Å². The summed E-state index contributed by atoms with van der Waals surface area (Å²) in [6, 6.07) is 10.8. The lowest BCUT2D eigenvalue weighted by atomic mass is 10.0. The molecular formula is C22H28N2O5S. The number of sulfonamides is 1. The van der Waals surface area contributed by atoms with Crippen LogP contribution in [0.15, 0.2) is 36.4 Å². The second kappa shape index (κ2) is 8.55. The third kappa shape index (κ3) is 4.53. The van der Waals surface area contributed by atoms with E-state index in [4.69, 9.17) is 9.47 Å². The van der Waals surface area contributed by atoms with Gasteiger partial charge in [0, 0.05) is 0 Å². The highest BCUT2D eigenvalue weighted by Gasteiger charge is 2.35. The molecule has 7 nitrogen and oxygen atoms in total. The van der Waals surface area contributed by atoms with Crippen LogP contribution in [0.5, 0.6) is 11.5 Å². The second-order valence-electron chi connectivity index (χ2n) is 7.57. The zero-order valence-corrected chi connectivity index (χ0v) is 18.7. The van der Waals surface area contributed by atoms with Crippen molar-refractivity contribution in [3.05, 3.63) is 53.1 Å². The maximum atomic E-state index is 13.0. The molecule has 0 saturated carbocycles. The van der Waals surface area contributed by atoms with Crippen LogP contribution in [0.2, 0.25) is 0 Å². The molecule has 0 radical (unpaired) electrons. The van der Waals surface area contributed by atoms with Gasteiger partial charge in [0.15, 0.2) is 6.10 Å². The largest absolute Gasteiger partial charge is 0.496 e. The molecule has 2 aromatic carbocycles. The summed E-state index contributed by atoms with van der Waals surface area (Å²) in [5.41, 5.74) is 3.30. The standard InChI is InChI=1S/C22H28N2O5S/c1-6-17(16-8-10-19(28-4)15(3)12-16)23-22(25)21-13-24(30(5,26)27)18-9-7-14(2)11-20(18)29-21/h7-12,17,21H,6,13H2,1-5H3,(H,23,25)/t17-,21+/m1/s1. The molecule has 162 valence electrons. The van der Waals surface area contributed by atoms with Crippen molar-refractivity contribution in [1.29, 1.82) is 0 Å². The van der Waals surface area contributed by atoms with Gasteiger partial charge < -0.3 is 14.8 Å². The van der Waals surface area contributed by atoms with Crippen LogP contribution in [0, 0.1) is 13.8 Å². The van der Waals surface area contributed by atoms with E-state index in [0.717, 1.165) is 28.7 Å². The van der Waals surface area contributed by atoms with E-state index in [1.807, 2.05) is 45.0 Å². The van der Waals surface area contributed by atoms with E-state index in [9.17, 15) is 13.2 Å². The van der Waals surface area contributed by atoms with Crippen molar-refractivity contribution < 1.29 is 22.7 Å². The Balaban J connectivity index is 1.84. The molecule has 0 aliphatic carbocycles. The zero-order valence-electron chi connectivity index (χ0n) is 17.9. The molecular weight excluding hydrogens is 404 g/mol. The van der Waals surface area contributed by atoms with Gasteiger partial charge in [-0.3, -0.25) is 9.10 Å². The van der Waals surface area contributed by atoms with Gasteiger partial charge in [-0.25, -0.2) is 8.42 Å². The van der Waals surface area contributed by atoms with Gasteiger partial charge in [0.1, 0.15) is 11.5 Å². The summed E-state index contributed by atoms with van der Waals surface area (Å²) in [6.45, 7) is 5.74. The van der Waals surface area contributed by atoms with Crippen LogP contribution in [0.3, 0.4) is 0 Å². The fraction of sp³-hybridized carbons (Fsp3) is 0.409. The normalized spacial score (nSPS) is 17.0. The van der Waals surface area contributed by atoms with Crippen molar-refractivity contribution in [2.75, 3.05) is 24.2 Å². The maximum absolute atomic E-state index is 13.0. The van der Waals surface area contributed by atoms with Gasteiger partial charge in [0.05, 0.1) is 31.6 Å². The van der Waals surface area contributed by atoms with Gasteiger partial charge >= 0.3 is 0 Å². The third-order valence-electron chi connectivity index (χ3n) is 5.22. The maximum Gasteiger partial charge on any atom is 0.263 e. The van der Waals surface area contributed by atoms with E-state index in [1.54, 1.807) is 19.2 Å². The number of carbonyl (C=O) groups excluding carboxylic acids is 1. The van der Waals surface area contributed by atoms with Gasteiger partial charge in [0.25, 0.3) is 5.91 Å². The van der Waals surface area contributed by atoms with Crippen LogP contribution in [0.1, 0.15) is 36.1 Å². The van der Waals surface area contributed by atoms with Gasteiger partial charge in [-0.05, 0) is 55.2 Å². The molecule has 1 N–H and O–H groups in total. The minimum atomic E-state index is -3.56. The summed E-state index contributed by atoms with van der Waals surface area (Å²) >= 11 is 0. The van der Waals surface area contributed by atoms with Crippen LogP contribution in [-0.2, 0) is 14.8 Å². The number of methoxy groups -OCH3 is 1. The van der Waals surface area contributed by atoms with E-state index in [2.05, 4.69) is 5.32 Å². The molecule has 1 aliphatic heterocycles. The van der Waals surface area contributed by atoms with Crippen molar-refractivity contribution in [3.8, 4) is 11.5 Å². The summed E-state index contributed by atoms with van der Waals surface area (Å²) in [4.78, 5) is 13.0. The molecule has 2 aromatic rings. The van der Waals surface area contributed by atoms with Crippen LogP contribution < -0.4 is 19.1 Å². The smallest absolute Gasteiger partial charge is 0.263 e. The van der Waals surface area contributed by atoms with E-state index in [-0.39, 0.29) is 18.5 Å². The Labute approximate surface area is 178 Å². The van der Waals surface area contributed by atoms with Crippen molar-refractivity contribution in [1.82, 2.24) is 5.32 Å². The number of anilines is 1. The Kier molecular flexibility index (Phi) is 6.26. The molecule has 2 atom stereocenters. The summed E-state index contributed by atoms with van der Waals surface area (Å²) in [7, 11) is -1.94. The first-order valence-corrected chi connectivity index (χ1v) is 11.7. The first-order valence-electron chi connectivity index (χ1n) is 9.84. The number of aryl methyl sites for hydroxylation is 2. The van der Waals surface area contributed by atoms with E-state index < -0.39 is 16.1 Å². The number of hydrogen-bond donors (Lipinski definition) is 1. The molecule has 0 aromatic heterocycles. The molecule has 1 aliphatic rings. The summed E-state index contributed by atoms with van der Waals surface area (Å²) in [6.07, 6.45) is 0.865. The lowest BCUT2D eigenvalue weighted by Crippen LogP contribution is -2.51. The SMILES string of the molecule is CC[C@@H](NC(=O)[C@@H]1CN(S(C)(=O)=O)c2ccc(C)cc2O1)c1ccc(OC)c(C)c1. The number of amides is 1. The summed E-state index contributed by atoms with van der Waals surface area (Å²) in [5.74, 6) is 0.822. The Morgan fingerprint density at radius 2 is 2.00 bits per heavy atom. The highest BCUT2D eigenvalue weighted by atomic mass is 32.2. The Morgan fingerprint density at radius 3 is 2.60 bits per heavy atom. The topological polar surface area (TPSA) is 84.9 Å². The number of nitrogens with one attached hydrogen (secondary N) is 1. The van der Waals surface area contributed by atoms with Crippen LogP contribution in [-0.4, -0.2) is 40.3 Å². The summed E-state index contributed by atoms with van der Waals surface area (Å²) < 4.78 is 37.1. The Morgan fingerprint density at radius 1 is 1.27 bits per heavy atom. The molecule has 8 heteroatoms. The Hall–Kier alpha value is -2.74. The van der Waals surface area contributed by atoms with Gasteiger partial charge in [-0.1, -0.05) is 25.1 Å². The number of ether oxygens (including phenoxy) is 2. The molecule has 3 rings (SSSR count). The fourth-order valence-electron chi connectivity index (χ4n) is 3.62. The Bertz CT molecular complexity index is 1050. The molecule has 0 fully saturated rings. The summed E-state index contributed by atoms with van der Waals surface area (Å²) in [5, 5.41) is 3.01. The van der Waals surface area contributed by atoms with Crippen molar-refractivity contribution in [2.45, 2.75) is 39.3 Å². The fourth-order valence-corrected chi connectivity index (χ4v) is 4.53. The zero-order chi connectivity index (χ0) is 22.1. The monoisotopic (exact) mass is 432 g/mol. The number of fused-ring (bicyclic) bond motifs is 1. The van der Waals surface area contributed by atoms with Crippen LogP contribution in [0.4, 0.5) is 5.69 Å². The lowest BCUT2D eigenvalue weighted by molar-refractivity contribution is -0.128. The average molecular weight is 433 g/mol. The predicted molar refractivity (Wildman–Crippen MR) is 117 cm³/mol. The highest BCUT2D eigenvalue weighted by molar-refractivity contribution is 7.92. The van der Waals surface area contributed by atoms with Crippen molar-refractivity contribution >= 4 is 21.6 Å². The van der Waals surface area contributed by atoms with Crippen LogP contribution in [0.25, 0.3) is 0 Å². The molecule has 0 unspecified atom stereocenters. The molecule has 30 heavy (non-hydrogen) atoms. The highest BCUT2D eigenvalue weighted by Crippen LogP contribution is 2.36. The minimum absolute atomic E-state index is 0.0706. The number of nitrogens with zero attached hydrogens (tertiary/aromatic N) is 1. The first kappa shape index (κ1) is 22.0. The van der Waals surface area contributed by atoms with Gasteiger partial charge in [-0.15, -0.1) is 0 Å². The van der Waals surface area contributed by atoms with Gasteiger partial charge in [0.2, 0.25) is 10.0 Å². The molecule has 0 saturated heterocycles. The van der Waals surface area contributed by atoms with Crippen molar-refractivity contribution in [3.63, 3.8) is 0 Å². The molecule has 0 bridgehead atoms. The molecule has 1 amide bonds. The number of carbonyl (C=O) groups is 1. The quantitative estimate of drug-likeness (QED) is 0.758. The predicted octanol–water partition coefficient (Wildman–Crippen LogP) is 3.11.